The summed E-state index contributed by atoms with van der Waals surface area (Å²) in [6.07, 6.45) is -1.12. The molecule has 3 aromatic rings. The second-order valence-electron chi connectivity index (χ2n) is 6.94. The molecule has 0 amide bonds. The first-order valence-corrected chi connectivity index (χ1v) is 10.6. The number of hydrogen-bond acceptors (Lipinski definition) is 6. The van der Waals surface area contributed by atoms with Crippen LogP contribution in [0, 0.1) is 5.41 Å². The van der Waals surface area contributed by atoms with Crippen LogP contribution in [-0.2, 0) is 17.6 Å². The Morgan fingerprint density at radius 3 is 2.52 bits per heavy atom. The minimum absolute atomic E-state index is 0.139. The molecule has 9 heteroatoms. The Morgan fingerprint density at radius 1 is 1.10 bits per heavy atom. The highest BCUT2D eigenvalue weighted by Crippen LogP contribution is 2.32. The van der Waals surface area contributed by atoms with Crippen LogP contribution >= 0.6 is 11.3 Å². The summed E-state index contributed by atoms with van der Waals surface area (Å²) in [4.78, 5) is 0. The Kier molecular flexibility index (Phi) is 7.62. The van der Waals surface area contributed by atoms with Crippen LogP contribution in [0.1, 0.15) is 35.4 Å². The van der Waals surface area contributed by atoms with E-state index in [4.69, 9.17) is 10.1 Å². The second-order valence-corrected chi connectivity index (χ2v) is 7.95. The van der Waals surface area contributed by atoms with Gasteiger partial charge in [-0.3, -0.25) is 5.41 Å². The Bertz CT molecular complexity index is 990. The molecule has 0 spiro atoms. The number of rotatable bonds is 10. The van der Waals surface area contributed by atoms with Crippen molar-refractivity contribution in [1.29, 1.82) is 5.41 Å². The fourth-order valence-electron chi connectivity index (χ4n) is 3.14. The normalized spacial score (nSPS) is 12.4. The van der Waals surface area contributed by atoms with Gasteiger partial charge in [0.1, 0.15) is 15.8 Å². The predicted molar refractivity (Wildman–Crippen MR) is 114 cm³/mol. The topological polar surface area (TPSA) is 68.1 Å². The quantitative estimate of drug-likeness (QED) is 0.304. The molecule has 5 nitrogen and oxygen atoms in total. The first-order chi connectivity index (χ1) is 14.9. The monoisotopic (exact) mass is 449 g/mol. The largest absolute Gasteiger partial charge is 0.573 e. The third-order valence-electron chi connectivity index (χ3n) is 4.53. The van der Waals surface area contributed by atoms with Crippen molar-refractivity contribution in [3.63, 3.8) is 0 Å². The molecule has 1 heterocycles. The number of alkyl halides is 3. The van der Waals surface area contributed by atoms with E-state index in [0.29, 0.717) is 22.0 Å². The molecule has 0 aliphatic carbocycles. The van der Waals surface area contributed by atoms with Crippen molar-refractivity contribution >= 4 is 17.7 Å². The minimum atomic E-state index is -4.76. The van der Waals surface area contributed by atoms with E-state index in [1.54, 1.807) is 6.07 Å². The van der Waals surface area contributed by atoms with Gasteiger partial charge in [-0.05, 0) is 36.1 Å². The number of nitrogens with one attached hydrogen (secondary N) is 1. The van der Waals surface area contributed by atoms with Gasteiger partial charge in [-0.25, -0.2) is 0 Å². The van der Waals surface area contributed by atoms with Gasteiger partial charge in [0.15, 0.2) is 6.40 Å². The maximum atomic E-state index is 12.5. The van der Waals surface area contributed by atoms with Gasteiger partial charge in [0, 0.05) is 5.56 Å². The minimum Gasteiger partial charge on any atom is -0.483 e. The van der Waals surface area contributed by atoms with Crippen LogP contribution < -0.4 is 4.74 Å². The maximum Gasteiger partial charge on any atom is 0.573 e. The van der Waals surface area contributed by atoms with E-state index in [0.717, 1.165) is 24.8 Å². The van der Waals surface area contributed by atoms with E-state index in [1.165, 1.54) is 35.1 Å². The number of nitrogens with zero attached hydrogens (tertiary/aromatic N) is 2. The number of aromatic nitrogens is 2. The highest BCUT2D eigenvalue weighted by atomic mass is 32.1. The zero-order valence-electron chi connectivity index (χ0n) is 16.9. The highest BCUT2D eigenvalue weighted by Gasteiger charge is 2.31. The summed E-state index contributed by atoms with van der Waals surface area (Å²) in [5.41, 5.74) is 2.87. The first-order valence-electron chi connectivity index (χ1n) is 9.76. The standard InChI is InChI=1S/C22H22F3N3O2S/c1-2-4-15-7-9-16(10-8-15)11-18(13-29-14-26)21-28-27-20(31-21)17-5-3-6-19(12-17)30-22(23,24)25/h3,5-10,12,14,18,26H,2,4,11,13H2,1H3/t18-/m1/s1. The maximum absolute atomic E-state index is 12.5. The molecule has 0 unspecified atom stereocenters. The summed E-state index contributed by atoms with van der Waals surface area (Å²) >= 11 is 1.29. The molecule has 3 rings (SSSR count). The average molecular weight is 449 g/mol. The summed E-state index contributed by atoms with van der Waals surface area (Å²) in [5, 5.41) is 16.7. The molecular formula is C22H22F3N3O2S. The zero-order valence-corrected chi connectivity index (χ0v) is 17.7. The van der Waals surface area contributed by atoms with Crippen LogP contribution in [0.4, 0.5) is 13.2 Å². The van der Waals surface area contributed by atoms with Crippen molar-refractivity contribution in [2.75, 3.05) is 6.61 Å². The van der Waals surface area contributed by atoms with Crippen LogP contribution in [0.2, 0.25) is 0 Å². The van der Waals surface area contributed by atoms with Crippen molar-refractivity contribution in [2.45, 2.75) is 38.5 Å². The highest BCUT2D eigenvalue weighted by molar-refractivity contribution is 7.14. The van der Waals surface area contributed by atoms with E-state index in [-0.39, 0.29) is 18.3 Å². The zero-order chi connectivity index (χ0) is 22.3. The Balaban J connectivity index is 1.79. The summed E-state index contributed by atoms with van der Waals surface area (Å²) in [6.45, 7) is 2.39. The number of halogens is 3. The van der Waals surface area contributed by atoms with Gasteiger partial charge in [-0.2, -0.15) is 0 Å². The first kappa shape index (κ1) is 22.7. The lowest BCUT2D eigenvalue weighted by molar-refractivity contribution is -0.274. The Labute approximate surface area is 182 Å². The summed E-state index contributed by atoms with van der Waals surface area (Å²) < 4.78 is 46.7. The van der Waals surface area contributed by atoms with Crippen LogP contribution in [0.25, 0.3) is 10.6 Å². The van der Waals surface area contributed by atoms with Gasteiger partial charge in [0.2, 0.25) is 0 Å². The fourth-order valence-corrected chi connectivity index (χ4v) is 4.06. The van der Waals surface area contributed by atoms with Crippen LogP contribution in [-0.4, -0.2) is 29.6 Å². The summed E-state index contributed by atoms with van der Waals surface area (Å²) in [7, 11) is 0. The molecule has 0 aliphatic rings. The molecule has 1 N–H and O–H groups in total. The summed E-state index contributed by atoms with van der Waals surface area (Å²) in [5.74, 6) is -0.447. The van der Waals surface area contributed by atoms with Gasteiger partial charge in [-0.1, -0.05) is 61.1 Å². The SMILES string of the molecule is CCCc1ccc(C[C@H](COC=N)c2nnc(-c3cccc(OC(F)(F)F)c3)s2)cc1. The molecule has 0 saturated heterocycles. The number of aryl methyl sites for hydroxylation is 1. The van der Waals surface area contributed by atoms with Crippen LogP contribution in [0.5, 0.6) is 5.75 Å². The third kappa shape index (κ3) is 6.78. The lowest BCUT2D eigenvalue weighted by atomic mass is 9.99. The van der Waals surface area contributed by atoms with E-state index in [9.17, 15) is 13.2 Å². The molecule has 0 aliphatic heterocycles. The van der Waals surface area contributed by atoms with Crippen LogP contribution in [0.3, 0.4) is 0 Å². The van der Waals surface area contributed by atoms with Gasteiger partial charge in [0.05, 0.1) is 12.5 Å². The Hall–Kier alpha value is -2.94. The lowest BCUT2D eigenvalue weighted by Crippen LogP contribution is -2.17. The van der Waals surface area contributed by atoms with Gasteiger partial charge in [0.25, 0.3) is 0 Å². The molecule has 164 valence electrons. The average Bonchev–Trinajstić information content (AvgIpc) is 3.22. The number of ether oxygens (including phenoxy) is 2. The second kappa shape index (κ2) is 10.4. The van der Waals surface area contributed by atoms with Gasteiger partial charge < -0.3 is 9.47 Å². The molecule has 31 heavy (non-hydrogen) atoms. The van der Waals surface area contributed by atoms with E-state index in [1.807, 2.05) is 0 Å². The molecule has 1 atom stereocenters. The van der Waals surface area contributed by atoms with E-state index < -0.39 is 6.36 Å². The van der Waals surface area contributed by atoms with Crippen molar-refractivity contribution in [2.24, 2.45) is 0 Å². The summed E-state index contributed by atoms with van der Waals surface area (Å²) in [6, 6.07) is 14.0. The van der Waals surface area contributed by atoms with Crippen molar-refractivity contribution in [3.05, 3.63) is 64.7 Å². The number of hydrogen-bond donors (Lipinski definition) is 1. The molecule has 0 fully saturated rings. The third-order valence-corrected chi connectivity index (χ3v) is 5.66. The molecule has 0 saturated carbocycles. The van der Waals surface area contributed by atoms with Gasteiger partial charge in [-0.15, -0.1) is 23.4 Å². The molecule has 1 aromatic heterocycles. The van der Waals surface area contributed by atoms with Crippen molar-refractivity contribution in [3.8, 4) is 16.3 Å². The Morgan fingerprint density at radius 2 is 1.84 bits per heavy atom. The molecular weight excluding hydrogens is 427 g/mol. The fraction of sp³-hybridized carbons (Fsp3) is 0.318. The predicted octanol–water partition coefficient (Wildman–Crippen LogP) is 6.01. The molecule has 0 radical (unpaired) electrons. The van der Waals surface area contributed by atoms with Crippen molar-refractivity contribution in [1.82, 2.24) is 10.2 Å². The molecule has 2 aromatic carbocycles. The van der Waals surface area contributed by atoms with E-state index in [2.05, 4.69) is 46.1 Å². The van der Waals surface area contributed by atoms with E-state index >= 15 is 0 Å². The molecule has 0 bridgehead atoms. The van der Waals surface area contributed by atoms with Crippen molar-refractivity contribution < 1.29 is 22.6 Å². The van der Waals surface area contributed by atoms with Crippen LogP contribution in [0.15, 0.2) is 48.5 Å². The smallest absolute Gasteiger partial charge is 0.483 e. The van der Waals surface area contributed by atoms with Gasteiger partial charge >= 0.3 is 6.36 Å². The number of benzene rings is 2. The lowest BCUT2D eigenvalue weighted by Gasteiger charge is -2.13.